The molecule has 1 aliphatic heterocycles. The number of carbonyl (C=O) groups excluding carboxylic acids is 1. The molecule has 4 heteroatoms. The Kier molecular flexibility index (Phi) is 3.88. The van der Waals surface area contributed by atoms with Crippen LogP contribution < -0.4 is 0 Å². The molecular weight excluding hydrogens is 194 g/mol. The molecule has 0 aromatic carbocycles. The summed E-state index contributed by atoms with van der Waals surface area (Å²) in [6.45, 7) is 6.42. The van der Waals surface area contributed by atoms with Crippen LogP contribution in [0.5, 0.6) is 0 Å². The highest BCUT2D eigenvalue weighted by Crippen LogP contribution is 2.24. The Morgan fingerprint density at radius 2 is 2.20 bits per heavy atom. The van der Waals surface area contributed by atoms with Crippen molar-refractivity contribution in [2.45, 2.75) is 19.8 Å². The topological polar surface area (TPSA) is 57.6 Å². The first-order valence-electron chi connectivity index (χ1n) is 5.17. The standard InChI is InChI=1S/C11H17NO3/c1-3-4-5-10(13)12-6-9(7-12)8(2)11(14)15/h3,8-9H,1,4-7H2,2H3,(H,14,15). The number of hydrogen-bond donors (Lipinski definition) is 1. The maximum absolute atomic E-state index is 11.5. The van der Waals surface area contributed by atoms with E-state index in [1.165, 1.54) is 0 Å². The molecule has 1 N–H and O–H groups in total. The molecule has 1 rings (SSSR count). The van der Waals surface area contributed by atoms with Gasteiger partial charge in [0.1, 0.15) is 0 Å². The van der Waals surface area contributed by atoms with Gasteiger partial charge in [-0.1, -0.05) is 13.0 Å². The quantitative estimate of drug-likeness (QED) is 0.693. The number of rotatable bonds is 5. The van der Waals surface area contributed by atoms with E-state index >= 15 is 0 Å². The molecule has 84 valence electrons. The third-order valence-corrected chi connectivity index (χ3v) is 2.92. The molecule has 0 aliphatic carbocycles. The summed E-state index contributed by atoms with van der Waals surface area (Å²) in [6.07, 6.45) is 2.89. The lowest BCUT2D eigenvalue weighted by Crippen LogP contribution is -2.53. The highest BCUT2D eigenvalue weighted by atomic mass is 16.4. The van der Waals surface area contributed by atoms with Crippen molar-refractivity contribution in [3.05, 3.63) is 12.7 Å². The van der Waals surface area contributed by atoms with Crippen LogP contribution in [-0.2, 0) is 9.59 Å². The van der Waals surface area contributed by atoms with E-state index < -0.39 is 5.97 Å². The lowest BCUT2D eigenvalue weighted by Gasteiger charge is -2.41. The lowest BCUT2D eigenvalue weighted by molar-refractivity contribution is -0.150. The minimum atomic E-state index is -0.779. The minimum absolute atomic E-state index is 0.101. The Bertz CT molecular complexity index is 269. The molecule has 0 aromatic rings. The van der Waals surface area contributed by atoms with Crippen LogP contribution in [0, 0.1) is 11.8 Å². The summed E-state index contributed by atoms with van der Waals surface area (Å²) in [5.74, 6) is -0.912. The van der Waals surface area contributed by atoms with E-state index in [-0.39, 0.29) is 17.7 Å². The average molecular weight is 211 g/mol. The number of aliphatic carboxylic acids is 1. The number of carboxylic acids is 1. The predicted molar refractivity (Wildman–Crippen MR) is 56.3 cm³/mol. The first-order valence-corrected chi connectivity index (χ1v) is 5.17. The number of nitrogens with zero attached hydrogens (tertiary/aromatic N) is 1. The maximum atomic E-state index is 11.5. The van der Waals surface area contributed by atoms with Crippen LogP contribution in [0.3, 0.4) is 0 Å². The Hall–Kier alpha value is -1.32. The molecule has 0 bridgehead atoms. The molecule has 4 nitrogen and oxygen atoms in total. The summed E-state index contributed by atoms with van der Waals surface area (Å²) in [7, 11) is 0. The van der Waals surface area contributed by atoms with Crippen molar-refractivity contribution in [3.63, 3.8) is 0 Å². The fourth-order valence-electron chi connectivity index (χ4n) is 1.62. The van der Waals surface area contributed by atoms with Gasteiger partial charge in [0, 0.05) is 25.4 Å². The Morgan fingerprint density at radius 1 is 1.60 bits per heavy atom. The zero-order chi connectivity index (χ0) is 11.4. The molecule has 1 unspecified atom stereocenters. The molecular formula is C11H17NO3. The monoisotopic (exact) mass is 211 g/mol. The highest BCUT2D eigenvalue weighted by molar-refractivity contribution is 5.78. The van der Waals surface area contributed by atoms with Crippen LogP contribution in [0.15, 0.2) is 12.7 Å². The smallest absolute Gasteiger partial charge is 0.306 e. The molecule has 15 heavy (non-hydrogen) atoms. The van der Waals surface area contributed by atoms with E-state index in [1.807, 2.05) is 0 Å². The minimum Gasteiger partial charge on any atom is -0.481 e. The third-order valence-electron chi connectivity index (χ3n) is 2.92. The second-order valence-electron chi connectivity index (χ2n) is 4.01. The van der Waals surface area contributed by atoms with Gasteiger partial charge in [-0.3, -0.25) is 9.59 Å². The number of amides is 1. The molecule has 0 radical (unpaired) electrons. The number of carbonyl (C=O) groups is 2. The zero-order valence-electron chi connectivity index (χ0n) is 8.98. The summed E-state index contributed by atoms with van der Waals surface area (Å²) >= 11 is 0. The van der Waals surface area contributed by atoms with Gasteiger partial charge in [0.25, 0.3) is 0 Å². The molecule has 0 aromatic heterocycles. The molecule has 1 atom stereocenters. The molecule has 1 aliphatic rings. The fourth-order valence-corrected chi connectivity index (χ4v) is 1.62. The van der Waals surface area contributed by atoms with Crippen molar-refractivity contribution in [3.8, 4) is 0 Å². The zero-order valence-corrected chi connectivity index (χ0v) is 8.98. The maximum Gasteiger partial charge on any atom is 0.306 e. The van der Waals surface area contributed by atoms with Gasteiger partial charge in [0.05, 0.1) is 5.92 Å². The van der Waals surface area contributed by atoms with E-state index in [9.17, 15) is 9.59 Å². The van der Waals surface area contributed by atoms with Gasteiger partial charge >= 0.3 is 5.97 Å². The van der Waals surface area contributed by atoms with Crippen LogP contribution in [0.4, 0.5) is 0 Å². The number of allylic oxidation sites excluding steroid dienone is 1. The summed E-state index contributed by atoms with van der Waals surface area (Å²) < 4.78 is 0. The molecule has 1 fully saturated rings. The SMILES string of the molecule is C=CCCC(=O)N1CC(C(C)C(=O)O)C1. The largest absolute Gasteiger partial charge is 0.481 e. The van der Waals surface area contributed by atoms with Gasteiger partial charge < -0.3 is 10.0 Å². The van der Waals surface area contributed by atoms with E-state index in [2.05, 4.69) is 6.58 Å². The van der Waals surface area contributed by atoms with E-state index in [0.717, 1.165) is 0 Å². The van der Waals surface area contributed by atoms with Gasteiger partial charge in [-0.25, -0.2) is 0 Å². The van der Waals surface area contributed by atoms with E-state index in [1.54, 1.807) is 17.9 Å². The van der Waals surface area contributed by atoms with Crippen molar-refractivity contribution in [1.82, 2.24) is 4.90 Å². The number of likely N-dealkylation sites (tertiary alicyclic amines) is 1. The first-order chi connectivity index (χ1) is 7.06. The van der Waals surface area contributed by atoms with Crippen LogP contribution >= 0.6 is 0 Å². The number of carboxylic acid groups (broad SMARTS) is 1. The normalized spacial score (nSPS) is 18.1. The van der Waals surface area contributed by atoms with Gasteiger partial charge in [-0.05, 0) is 6.42 Å². The van der Waals surface area contributed by atoms with Gasteiger partial charge in [-0.15, -0.1) is 6.58 Å². The Labute approximate surface area is 89.6 Å². The van der Waals surface area contributed by atoms with Gasteiger partial charge in [0.15, 0.2) is 0 Å². The van der Waals surface area contributed by atoms with Crippen molar-refractivity contribution in [2.75, 3.05) is 13.1 Å². The molecule has 0 saturated carbocycles. The second kappa shape index (κ2) is 4.96. The summed E-state index contributed by atoms with van der Waals surface area (Å²) in [5, 5.41) is 8.77. The Balaban J connectivity index is 2.27. The Morgan fingerprint density at radius 3 is 2.67 bits per heavy atom. The molecule has 1 saturated heterocycles. The molecule has 1 heterocycles. The molecule has 0 spiro atoms. The summed E-state index contributed by atoms with van der Waals surface area (Å²) in [6, 6.07) is 0. The van der Waals surface area contributed by atoms with Crippen molar-refractivity contribution in [2.24, 2.45) is 11.8 Å². The average Bonchev–Trinajstić information content (AvgIpc) is 2.11. The lowest BCUT2D eigenvalue weighted by atomic mass is 9.87. The first kappa shape index (κ1) is 11.8. The van der Waals surface area contributed by atoms with Crippen LogP contribution in [0.2, 0.25) is 0 Å². The second-order valence-corrected chi connectivity index (χ2v) is 4.01. The van der Waals surface area contributed by atoms with Crippen LogP contribution in [0.25, 0.3) is 0 Å². The van der Waals surface area contributed by atoms with Gasteiger partial charge in [0.2, 0.25) is 5.91 Å². The molecule has 1 amide bonds. The van der Waals surface area contributed by atoms with Crippen LogP contribution in [-0.4, -0.2) is 35.0 Å². The predicted octanol–water partition coefficient (Wildman–Crippen LogP) is 1.13. The van der Waals surface area contributed by atoms with Crippen molar-refractivity contribution in [1.29, 1.82) is 0 Å². The summed E-state index contributed by atoms with van der Waals surface area (Å²) in [4.78, 5) is 23.8. The van der Waals surface area contributed by atoms with Crippen molar-refractivity contribution < 1.29 is 14.7 Å². The van der Waals surface area contributed by atoms with Crippen molar-refractivity contribution >= 4 is 11.9 Å². The van der Waals surface area contributed by atoms with E-state index in [0.29, 0.717) is 25.9 Å². The fraction of sp³-hybridized carbons (Fsp3) is 0.636. The third kappa shape index (κ3) is 2.81. The number of hydrogen-bond acceptors (Lipinski definition) is 2. The summed E-state index contributed by atoms with van der Waals surface area (Å²) in [5.41, 5.74) is 0. The van der Waals surface area contributed by atoms with Crippen LogP contribution in [0.1, 0.15) is 19.8 Å². The highest BCUT2D eigenvalue weighted by Gasteiger charge is 2.36. The van der Waals surface area contributed by atoms with Gasteiger partial charge in [-0.2, -0.15) is 0 Å². The van der Waals surface area contributed by atoms with E-state index in [4.69, 9.17) is 5.11 Å².